The SMILES string of the molecule is C=C(C)C(=O)OC(C)C(C)(C)CCC(C)C. The van der Waals surface area contributed by atoms with Gasteiger partial charge in [-0.1, -0.05) is 40.7 Å². The monoisotopic (exact) mass is 226 g/mol. The summed E-state index contributed by atoms with van der Waals surface area (Å²) in [6, 6.07) is 0. The third-order valence-corrected chi connectivity index (χ3v) is 3.10. The Morgan fingerprint density at radius 3 is 2.19 bits per heavy atom. The van der Waals surface area contributed by atoms with Gasteiger partial charge in [0, 0.05) is 11.0 Å². The third kappa shape index (κ3) is 5.34. The van der Waals surface area contributed by atoms with E-state index in [1.807, 2.05) is 6.92 Å². The average molecular weight is 226 g/mol. The third-order valence-electron chi connectivity index (χ3n) is 3.10. The van der Waals surface area contributed by atoms with Gasteiger partial charge < -0.3 is 4.74 Å². The van der Waals surface area contributed by atoms with E-state index in [1.165, 1.54) is 0 Å². The van der Waals surface area contributed by atoms with Crippen LogP contribution in [0.5, 0.6) is 0 Å². The van der Waals surface area contributed by atoms with Crippen LogP contribution in [0.2, 0.25) is 0 Å². The van der Waals surface area contributed by atoms with Gasteiger partial charge in [-0.05, 0) is 26.2 Å². The summed E-state index contributed by atoms with van der Waals surface area (Å²) >= 11 is 0. The van der Waals surface area contributed by atoms with E-state index in [9.17, 15) is 4.79 Å². The van der Waals surface area contributed by atoms with Crippen LogP contribution >= 0.6 is 0 Å². The maximum Gasteiger partial charge on any atom is 0.333 e. The minimum absolute atomic E-state index is 0.0232. The quantitative estimate of drug-likeness (QED) is 0.506. The van der Waals surface area contributed by atoms with E-state index in [1.54, 1.807) is 6.92 Å². The molecule has 0 aliphatic rings. The van der Waals surface area contributed by atoms with Gasteiger partial charge in [0.2, 0.25) is 0 Å². The van der Waals surface area contributed by atoms with Crippen molar-refractivity contribution in [3.63, 3.8) is 0 Å². The summed E-state index contributed by atoms with van der Waals surface area (Å²) in [4.78, 5) is 11.4. The Labute approximate surface area is 100 Å². The topological polar surface area (TPSA) is 26.3 Å². The molecule has 0 heterocycles. The molecule has 0 spiro atoms. The minimum Gasteiger partial charge on any atom is -0.459 e. The molecule has 0 saturated heterocycles. The molecule has 0 aromatic heterocycles. The minimum atomic E-state index is -0.287. The molecule has 0 aliphatic carbocycles. The lowest BCUT2D eigenvalue weighted by Gasteiger charge is -2.32. The Balaban J connectivity index is 4.28. The molecule has 0 amide bonds. The van der Waals surface area contributed by atoms with Crippen LogP contribution in [0.25, 0.3) is 0 Å². The van der Waals surface area contributed by atoms with Crippen LogP contribution in [0.4, 0.5) is 0 Å². The molecule has 0 aliphatic heterocycles. The fraction of sp³-hybridized carbons (Fsp3) is 0.786. The summed E-state index contributed by atoms with van der Waals surface area (Å²) in [6.45, 7) is 15.9. The predicted octanol–water partition coefficient (Wildman–Crippen LogP) is 3.96. The molecular formula is C14H26O2. The molecule has 94 valence electrons. The van der Waals surface area contributed by atoms with E-state index in [0.29, 0.717) is 11.5 Å². The van der Waals surface area contributed by atoms with Crippen molar-refractivity contribution in [2.75, 3.05) is 0 Å². The number of rotatable bonds is 6. The zero-order valence-corrected chi connectivity index (χ0v) is 11.6. The Morgan fingerprint density at radius 2 is 1.81 bits per heavy atom. The Bertz CT molecular complexity index is 251. The molecule has 16 heavy (non-hydrogen) atoms. The number of carbonyl (C=O) groups is 1. The van der Waals surface area contributed by atoms with Crippen molar-refractivity contribution < 1.29 is 9.53 Å². The summed E-state index contributed by atoms with van der Waals surface area (Å²) < 4.78 is 5.37. The molecule has 0 aromatic carbocycles. The lowest BCUT2D eigenvalue weighted by Crippen LogP contribution is -2.32. The summed E-state index contributed by atoms with van der Waals surface area (Å²) in [7, 11) is 0. The van der Waals surface area contributed by atoms with Crippen molar-refractivity contribution in [3.8, 4) is 0 Å². The number of carbonyl (C=O) groups excluding carboxylic acids is 1. The fourth-order valence-electron chi connectivity index (χ4n) is 1.28. The molecule has 0 bridgehead atoms. The Morgan fingerprint density at radius 1 is 1.31 bits per heavy atom. The van der Waals surface area contributed by atoms with Crippen LogP contribution < -0.4 is 0 Å². The van der Waals surface area contributed by atoms with E-state index in [4.69, 9.17) is 4.74 Å². The highest BCUT2D eigenvalue weighted by Crippen LogP contribution is 2.30. The van der Waals surface area contributed by atoms with Gasteiger partial charge in [0.05, 0.1) is 0 Å². The predicted molar refractivity (Wildman–Crippen MR) is 68.2 cm³/mol. The molecule has 0 aromatic rings. The molecule has 1 atom stereocenters. The van der Waals surface area contributed by atoms with Gasteiger partial charge in [-0.2, -0.15) is 0 Å². The number of hydrogen-bond donors (Lipinski definition) is 0. The maximum atomic E-state index is 11.4. The van der Waals surface area contributed by atoms with Crippen molar-refractivity contribution in [3.05, 3.63) is 12.2 Å². The lowest BCUT2D eigenvalue weighted by molar-refractivity contribution is -0.149. The smallest absolute Gasteiger partial charge is 0.333 e. The van der Waals surface area contributed by atoms with Crippen LogP contribution in [0, 0.1) is 11.3 Å². The highest BCUT2D eigenvalue weighted by atomic mass is 16.5. The van der Waals surface area contributed by atoms with Gasteiger partial charge >= 0.3 is 5.97 Å². The van der Waals surface area contributed by atoms with Gasteiger partial charge in [-0.3, -0.25) is 0 Å². The summed E-state index contributed by atoms with van der Waals surface area (Å²) in [5, 5.41) is 0. The lowest BCUT2D eigenvalue weighted by atomic mass is 9.81. The first-order valence-electron chi connectivity index (χ1n) is 6.03. The van der Waals surface area contributed by atoms with Crippen molar-refractivity contribution in [2.45, 2.75) is 60.5 Å². The molecule has 0 radical (unpaired) electrons. The van der Waals surface area contributed by atoms with Crippen molar-refractivity contribution in [1.29, 1.82) is 0 Å². The summed E-state index contributed by atoms with van der Waals surface area (Å²) in [5.74, 6) is 0.397. The maximum absolute atomic E-state index is 11.4. The van der Waals surface area contributed by atoms with Gasteiger partial charge in [0.15, 0.2) is 0 Å². The van der Waals surface area contributed by atoms with E-state index in [-0.39, 0.29) is 17.5 Å². The van der Waals surface area contributed by atoms with Crippen molar-refractivity contribution in [1.82, 2.24) is 0 Å². The molecular weight excluding hydrogens is 200 g/mol. The molecule has 2 heteroatoms. The molecule has 0 rings (SSSR count). The van der Waals surface area contributed by atoms with Gasteiger partial charge in [-0.25, -0.2) is 4.79 Å². The molecule has 2 nitrogen and oxygen atoms in total. The molecule has 0 fully saturated rings. The molecule has 1 unspecified atom stereocenters. The standard InChI is InChI=1S/C14H26O2/c1-10(2)8-9-14(6,7)12(5)16-13(15)11(3)4/h10,12H,3,8-9H2,1-2,4-7H3. The van der Waals surface area contributed by atoms with Crippen LogP contribution in [-0.4, -0.2) is 12.1 Å². The number of hydrogen-bond acceptors (Lipinski definition) is 2. The second-order valence-electron chi connectivity index (χ2n) is 5.75. The van der Waals surface area contributed by atoms with Crippen LogP contribution in [0.15, 0.2) is 12.2 Å². The van der Waals surface area contributed by atoms with E-state index >= 15 is 0 Å². The van der Waals surface area contributed by atoms with Crippen molar-refractivity contribution >= 4 is 5.97 Å². The van der Waals surface area contributed by atoms with Crippen LogP contribution in [0.1, 0.15) is 54.4 Å². The highest BCUT2D eigenvalue weighted by molar-refractivity contribution is 5.87. The first-order chi connectivity index (χ1) is 7.16. The average Bonchev–Trinajstić information content (AvgIpc) is 2.14. The number of esters is 1. The largest absolute Gasteiger partial charge is 0.459 e. The van der Waals surface area contributed by atoms with Gasteiger partial charge in [0.25, 0.3) is 0 Å². The highest BCUT2D eigenvalue weighted by Gasteiger charge is 2.28. The Hall–Kier alpha value is -0.790. The van der Waals surface area contributed by atoms with Crippen LogP contribution in [0.3, 0.4) is 0 Å². The fourth-order valence-corrected chi connectivity index (χ4v) is 1.28. The Kier molecular flexibility index (Phi) is 5.77. The van der Waals surface area contributed by atoms with E-state index in [2.05, 4.69) is 34.3 Å². The zero-order chi connectivity index (χ0) is 12.9. The van der Waals surface area contributed by atoms with Gasteiger partial charge in [-0.15, -0.1) is 0 Å². The van der Waals surface area contributed by atoms with E-state index in [0.717, 1.165) is 12.8 Å². The second-order valence-corrected chi connectivity index (χ2v) is 5.75. The normalized spacial score (nSPS) is 13.7. The molecule has 0 saturated carbocycles. The van der Waals surface area contributed by atoms with Gasteiger partial charge in [0.1, 0.15) is 6.10 Å². The first kappa shape index (κ1) is 15.2. The number of ether oxygens (including phenoxy) is 1. The van der Waals surface area contributed by atoms with Crippen LogP contribution in [-0.2, 0) is 9.53 Å². The zero-order valence-electron chi connectivity index (χ0n) is 11.6. The van der Waals surface area contributed by atoms with Crippen molar-refractivity contribution in [2.24, 2.45) is 11.3 Å². The van der Waals surface area contributed by atoms with E-state index < -0.39 is 0 Å². The second kappa shape index (κ2) is 6.07. The molecule has 0 N–H and O–H groups in total. The first-order valence-corrected chi connectivity index (χ1v) is 6.03. The summed E-state index contributed by atoms with van der Waals surface area (Å²) in [5.41, 5.74) is 0.488. The summed E-state index contributed by atoms with van der Waals surface area (Å²) in [6.07, 6.45) is 2.15.